The SMILES string of the molecule is COc1ccc(Cl)c2[nH]c(C(=O)NC(CC(C)(C)C)C(=O)NC(C#N)C[C@@H]3CCCNC3=O)cc12. The molecule has 1 saturated heterocycles. The lowest BCUT2D eigenvalue weighted by molar-refractivity contribution is -0.128. The monoisotopic (exact) mass is 501 g/mol. The minimum absolute atomic E-state index is 0.0989. The molecule has 9 nitrogen and oxygen atoms in total. The van der Waals surface area contributed by atoms with E-state index in [9.17, 15) is 19.6 Å². The zero-order chi connectivity index (χ0) is 25.8. The fourth-order valence-corrected chi connectivity index (χ4v) is 4.49. The van der Waals surface area contributed by atoms with Crippen molar-refractivity contribution in [1.29, 1.82) is 5.26 Å². The quantitative estimate of drug-likeness (QED) is 0.440. The number of carbonyl (C=O) groups is 3. The molecule has 1 aromatic carbocycles. The van der Waals surface area contributed by atoms with Gasteiger partial charge in [-0.1, -0.05) is 32.4 Å². The lowest BCUT2D eigenvalue weighted by Gasteiger charge is -2.28. The number of nitrogens with one attached hydrogen (secondary N) is 4. The number of rotatable bonds is 8. The predicted molar refractivity (Wildman–Crippen MR) is 133 cm³/mol. The summed E-state index contributed by atoms with van der Waals surface area (Å²) in [5, 5.41) is 19.0. The zero-order valence-electron chi connectivity index (χ0n) is 20.5. The van der Waals surface area contributed by atoms with Gasteiger partial charge in [0.2, 0.25) is 11.8 Å². The number of nitrogens with zero attached hydrogens (tertiary/aromatic N) is 1. The van der Waals surface area contributed by atoms with Gasteiger partial charge in [0.05, 0.1) is 23.7 Å². The number of H-pyrrole nitrogens is 1. The summed E-state index contributed by atoms with van der Waals surface area (Å²) in [6.07, 6.45) is 2.08. The number of methoxy groups -OCH3 is 1. The van der Waals surface area contributed by atoms with Crippen molar-refractivity contribution in [2.75, 3.05) is 13.7 Å². The minimum Gasteiger partial charge on any atom is -0.496 e. The Kier molecular flexibility index (Phi) is 8.28. The van der Waals surface area contributed by atoms with E-state index in [0.29, 0.717) is 41.1 Å². The second-order valence-corrected chi connectivity index (χ2v) is 10.5. The van der Waals surface area contributed by atoms with Crippen molar-refractivity contribution in [3.63, 3.8) is 0 Å². The molecule has 1 aliphatic heterocycles. The zero-order valence-corrected chi connectivity index (χ0v) is 21.2. The Balaban J connectivity index is 1.77. The van der Waals surface area contributed by atoms with Gasteiger partial charge in [0, 0.05) is 17.8 Å². The average molecular weight is 502 g/mol. The Bertz CT molecular complexity index is 1150. The van der Waals surface area contributed by atoms with Crippen LogP contribution >= 0.6 is 11.6 Å². The molecule has 35 heavy (non-hydrogen) atoms. The van der Waals surface area contributed by atoms with E-state index in [1.807, 2.05) is 20.8 Å². The summed E-state index contributed by atoms with van der Waals surface area (Å²) in [7, 11) is 1.53. The highest BCUT2D eigenvalue weighted by atomic mass is 35.5. The van der Waals surface area contributed by atoms with E-state index < -0.39 is 23.9 Å². The maximum atomic E-state index is 13.2. The summed E-state index contributed by atoms with van der Waals surface area (Å²) >= 11 is 6.27. The first-order valence-corrected chi connectivity index (χ1v) is 12.0. The third kappa shape index (κ3) is 6.67. The molecule has 2 unspecified atom stereocenters. The van der Waals surface area contributed by atoms with Crippen LogP contribution in [0.25, 0.3) is 10.9 Å². The number of hydrogen-bond donors (Lipinski definition) is 4. The number of halogens is 1. The summed E-state index contributed by atoms with van der Waals surface area (Å²) in [4.78, 5) is 41.4. The first-order chi connectivity index (χ1) is 16.5. The maximum Gasteiger partial charge on any atom is 0.268 e. The highest BCUT2D eigenvalue weighted by Gasteiger charge is 2.31. The number of hydrogen-bond acceptors (Lipinski definition) is 5. The molecular weight excluding hydrogens is 470 g/mol. The van der Waals surface area contributed by atoms with Crippen LogP contribution in [0.2, 0.25) is 5.02 Å². The summed E-state index contributed by atoms with van der Waals surface area (Å²) < 4.78 is 5.35. The van der Waals surface area contributed by atoms with Gasteiger partial charge in [0.1, 0.15) is 23.5 Å². The highest BCUT2D eigenvalue weighted by Crippen LogP contribution is 2.32. The molecular formula is C25H32ClN5O4. The first-order valence-electron chi connectivity index (χ1n) is 11.7. The van der Waals surface area contributed by atoms with E-state index in [4.69, 9.17) is 16.3 Å². The molecule has 188 valence electrons. The number of carbonyl (C=O) groups excluding carboxylic acids is 3. The van der Waals surface area contributed by atoms with E-state index in [2.05, 4.69) is 27.0 Å². The standard InChI is InChI=1S/C25H32ClN5O4/c1-25(2,3)12-19(24(34)29-15(13-27)10-14-6-5-9-28-22(14)32)31-23(33)18-11-16-20(35-4)8-7-17(26)21(16)30-18/h7-8,11,14-15,19,30H,5-6,9-10,12H2,1-4H3,(H,28,32)(H,29,34)(H,31,33)/t14-,15?,19?/m0/s1. The Morgan fingerprint density at radius 3 is 2.69 bits per heavy atom. The number of amides is 3. The molecule has 1 aliphatic rings. The van der Waals surface area contributed by atoms with Crippen molar-refractivity contribution in [2.45, 2.75) is 58.5 Å². The molecule has 3 atom stereocenters. The number of nitriles is 1. The Labute approximate surface area is 209 Å². The lowest BCUT2D eigenvalue weighted by atomic mass is 9.87. The number of piperidine rings is 1. The van der Waals surface area contributed by atoms with Gasteiger partial charge in [-0.2, -0.15) is 5.26 Å². The molecule has 10 heteroatoms. The molecule has 0 radical (unpaired) electrons. The van der Waals surface area contributed by atoms with Crippen LogP contribution in [0.1, 0.15) is 56.9 Å². The molecule has 2 heterocycles. The molecule has 2 aromatic rings. The van der Waals surface area contributed by atoms with Crippen molar-refractivity contribution < 1.29 is 19.1 Å². The lowest BCUT2D eigenvalue weighted by Crippen LogP contribution is -2.51. The maximum absolute atomic E-state index is 13.2. The number of aromatic amines is 1. The van der Waals surface area contributed by atoms with E-state index in [-0.39, 0.29) is 29.4 Å². The van der Waals surface area contributed by atoms with Gasteiger partial charge in [-0.3, -0.25) is 14.4 Å². The number of fused-ring (bicyclic) bond motifs is 1. The van der Waals surface area contributed by atoms with Crippen LogP contribution in [0.3, 0.4) is 0 Å². The smallest absolute Gasteiger partial charge is 0.268 e. The molecule has 1 fully saturated rings. The van der Waals surface area contributed by atoms with Crippen LogP contribution in [0, 0.1) is 22.7 Å². The van der Waals surface area contributed by atoms with Gasteiger partial charge in [0.15, 0.2) is 0 Å². The van der Waals surface area contributed by atoms with Gasteiger partial charge in [-0.05, 0) is 49.3 Å². The third-order valence-corrected chi connectivity index (χ3v) is 6.31. The fourth-order valence-electron chi connectivity index (χ4n) is 4.28. The van der Waals surface area contributed by atoms with Crippen molar-refractivity contribution in [1.82, 2.24) is 20.9 Å². The molecule has 4 N–H and O–H groups in total. The highest BCUT2D eigenvalue weighted by molar-refractivity contribution is 6.35. The van der Waals surface area contributed by atoms with Crippen molar-refractivity contribution >= 4 is 40.2 Å². The van der Waals surface area contributed by atoms with Crippen LogP contribution in [-0.2, 0) is 9.59 Å². The topological polar surface area (TPSA) is 136 Å². The number of benzene rings is 1. The summed E-state index contributed by atoms with van der Waals surface area (Å²) in [6, 6.07) is 5.36. The predicted octanol–water partition coefficient (Wildman–Crippen LogP) is 3.29. The Morgan fingerprint density at radius 2 is 2.06 bits per heavy atom. The van der Waals surface area contributed by atoms with Gasteiger partial charge in [-0.25, -0.2) is 0 Å². The Morgan fingerprint density at radius 1 is 1.31 bits per heavy atom. The van der Waals surface area contributed by atoms with Gasteiger partial charge in [0.25, 0.3) is 5.91 Å². The Hall–Kier alpha value is -3.25. The normalized spacial score (nSPS) is 17.7. The second-order valence-electron chi connectivity index (χ2n) is 10.1. The van der Waals surface area contributed by atoms with E-state index in [1.165, 1.54) is 7.11 Å². The van der Waals surface area contributed by atoms with Crippen LogP contribution in [0.15, 0.2) is 18.2 Å². The van der Waals surface area contributed by atoms with Crippen molar-refractivity contribution in [3.05, 3.63) is 28.9 Å². The second kappa shape index (κ2) is 11.0. The fraction of sp³-hybridized carbons (Fsp3) is 0.520. The molecule has 3 rings (SSSR count). The van der Waals surface area contributed by atoms with Crippen LogP contribution in [0.4, 0.5) is 0 Å². The minimum atomic E-state index is -0.887. The van der Waals surface area contributed by atoms with Crippen molar-refractivity contribution in [2.24, 2.45) is 11.3 Å². The third-order valence-electron chi connectivity index (χ3n) is 6.00. The van der Waals surface area contributed by atoms with Crippen LogP contribution in [-0.4, -0.2) is 48.4 Å². The van der Waals surface area contributed by atoms with E-state index >= 15 is 0 Å². The van der Waals surface area contributed by atoms with E-state index in [1.54, 1.807) is 18.2 Å². The molecule has 0 aliphatic carbocycles. The van der Waals surface area contributed by atoms with Crippen molar-refractivity contribution in [3.8, 4) is 11.8 Å². The van der Waals surface area contributed by atoms with Gasteiger partial charge in [-0.15, -0.1) is 0 Å². The van der Waals surface area contributed by atoms with Gasteiger partial charge >= 0.3 is 0 Å². The molecule has 1 aromatic heterocycles. The first kappa shape index (κ1) is 26.4. The average Bonchev–Trinajstić information content (AvgIpc) is 3.25. The molecule has 0 saturated carbocycles. The summed E-state index contributed by atoms with van der Waals surface area (Å²) in [5.74, 6) is -0.812. The molecule has 0 spiro atoms. The molecule has 0 bridgehead atoms. The van der Waals surface area contributed by atoms with E-state index in [0.717, 1.165) is 6.42 Å². The van der Waals surface area contributed by atoms with Crippen LogP contribution in [0.5, 0.6) is 5.75 Å². The summed E-state index contributed by atoms with van der Waals surface area (Å²) in [5.41, 5.74) is 0.505. The van der Waals surface area contributed by atoms with Crippen LogP contribution < -0.4 is 20.7 Å². The number of aromatic nitrogens is 1. The summed E-state index contributed by atoms with van der Waals surface area (Å²) in [6.45, 7) is 6.51. The number of ether oxygens (including phenoxy) is 1. The van der Waals surface area contributed by atoms with Gasteiger partial charge < -0.3 is 25.7 Å². The molecule has 3 amide bonds. The largest absolute Gasteiger partial charge is 0.496 e.